The predicted octanol–water partition coefficient (Wildman–Crippen LogP) is 5.69. The van der Waals surface area contributed by atoms with E-state index in [0.717, 1.165) is 40.4 Å². The van der Waals surface area contributed by atoms with E-state index in [1.165, 1.54) is 36.0 Å². The van der Waals surface area contributed by atoms with Gasteiger partial charge in [0.15, 0.2) is 0 Å². The van der Waals surface area contributed by atoms with Gasteiger partial charge in [0.25, 0.3) is 0 Å². The van der Waals surface area contributed by atoms with Crippen LogP contribution in [0, 0.1) is 0 Å². The van der Waals surface area contributed by atoms with Gasteiger partial charge in [-0.25, -0.2) is 14.8 Å². The van der Waals surface area contributed by atoms with Crippen LogP contribution in [0.4, 0.5) is 11.5 Å². The Morgan fingerprint density at radius 2 is 1.90 bits per heavy atom. The van der Waals surface area contributed by atoms with Gasteiger partial charge < -0.3 is 10.1 Å². The maximum Gasteiger partial charge on any atom is 0.337 e. The van der Waals surface area contributed by atoms with E-state index in [-0.39, 0.29) is 5.97 Å². The first-order valence-corrected chi connectivity index (χ1v) is 11.3. The number of hydrogen-bond donors (Lipinski definition) is 1. The molecule has 2 heterocycles. The summed E-state index contributed by atoms with van der Waals surface area (Å²) >= 11 is 1.80. The second kappa shape index (κ2) is 8.47. The topological polar surface area (TPSA) is 64.1 Å². The number of hydrogen-bond acceptors (Lipinski definition) is 6. The second-order valence-electron chi connectivity index (χ2n) is 7.74. The highest BCUT2D eigenvalue weighted by Gasteiger charge is 2.21. The molecule has 0 saturated heterocycles. The number of carbonyl (C=O) groups excluding carboxylic acids is 1. The number of fused-ring (bicyclic) bond motifs is 3. The SMILES string of the molecule is COC(=O)c1cccc(Nc2nc(Cc3ccccc3)nc3sc4c(c23)CCCC4)c1. The fraction of sp³-hybridized carbons (Fsp3) is 0.240. The molecule has 4 aromatic rings. The molecule has 5 nitrogen and oxygen atoms in total. The summed E-state index contributed by atoms with van der Waals surface area (Å²) in [5, 5.41) is 4.60. The van der Waals surface area contributed by atoms with Crippen LogP contribution >= 0.6 is 11.3 Å². The molecule has 0 fully saturated rings. The zero-order valence-corrected chi connectivity index (χ0v) is 18.2. The standard InChI is InChI=1S/C25H23N3O2S/c1-30-25(29)17-10-7-11-18(15-17)26-23-22-19-12-5-6-13-20(19)31-24(22)28-21(27-23)14-16-8-3-2-4-9-16/h2-4,7-11,15H,5-6,12-14H2,1H3,(H,26,27,28). The highest BCUT2D eigenvalue weighted by molar-refractivity contribution is 7.19. The van der Waals surface area contributed by atoms with E-state index in [4.69, 9.17) is 14.7 Å². The largest absolute Gasteiger partial charge is 0.465 e. The van der Waals surface area contributed by atoms with Crippen molar-refractivity contribution in [3.8, 4) is 0 Å². The number of anilines is 2. The molecule has 2 aromatic heterocycles. The zero-order valence-electron chi connectivity index (χ0n) is 17.4. The van der Waals surface area contributed by atoms with E-state index < -0.39 is 0 Å². The molecule has 0 amide bonds. The van der Waals surface area contributed by atoms with Crippen molar-refractivity contribution in [1.29, 1.82) is 0 Å². The maximum absolute atomic E-state index is 12.0. The number of ether oxygens (including phenoxy) is 1. The van der Waals surface area contributed by atoms with Crippen molar-refractivity contribution in [2.75, 3.05) is 12.4 Å². The molecule has 0 saturated carbocycles. The minimum Gasteiger partial charge on any atom is -0.465 e. The Hall–Kier alpha value is -3.25. The number of nitrogens with one attached hydrogen (secondary N) is 1. The van der Waals surface area contributed by atoms with Gasteiger partial charge in [0.1, 0.15) is 16.5 Å². The van der Waals surface area contributed by atoms with E-state index in [2.05, 4.69) is 17.4 Å². The Labute approximate surface area is 185 Å². The summed E-state index contributed by atoms with van der Waals surface area (Å²) in [6.07, 6.45) is 5.28. The van der Waals surface area contributed by atoms with Crippen molar-refractivity contribution in [2.45, 2.75) is 32.1 Å². The van der Waals surface area contributed by atoms with Gasteiger partial charge in [-0.3, -0.25) is 0 Å². The van der Waals surface area contributed by atoms with Gasteiger partial charge in [-0.05, 0) is 55.0 Å². The van der Waals surface area contributed by atoms with Gasteiger partial charge in [-0.2, -0.15) is 0 Å². The van der Waals surface area contributed by atoms with E-state index >= 15 is 0 Å². The van der Waals surface area contributed by atoms with Crippen molar-refractivity contribution in [2.24, 2.45) is 0 Å². The van der Waals surface area contributed by atoms with Crippen LogP contribution in [-0.4, -0.2) is 23.0 Å². The number of nitrogens with zero attached hydrogens (tertiary/aromatic N) is 2. The Morgan fingerprint density at radius 1 is 1.06 bits per heavy atom. The molecule has 0 spiro atoms. The van der Waals surface area contributed by atoms with Gasteiger partial charge in [0.2, 0.25) is 0 Å². The Kier molecular flexibility index (Phi) is 5.38. The molecule has 0 unspecified atom stereocenters. The summed E-state index contributed by atoms with van der Waals surface area (Å²) in [5.41, 5.74) is 3.88. The van der Waals surface area contributed by atoms with Gasteiger partial charge in [-0.15, -0.1) is 11.3 Å². The Balaban J connectivity index is 1.59. The average Bonchev–Trinajstić information content (AvgIpc) is 3.18. The lowest BCUT2D eigenvalue weighted by Crippen LogP contribution is -2.05. The van der Waals surface area contributed by atoms with Crippen LogP contribution in [0.15, 0.2) is 54.6 Å². The molecule has 5 rings (SSSR count). The van der Waals surface area contributed by atoms with Crippen LogP contribution in [0.25, 0.3) is 10.2 Å². The molecule has 1 aliphatic rings. The van der Waals surface area contributed by atoms with Gasteiger partial charge in [0.05, 0.1) is 18.1 Å². The lowest BCUT2D eigenvalue weighted by Gasteiger charge is -2.14. The molecular weight excluding hydrogens is 406 g/mol. The summed E-state index contributed by atoms with van der Waals surface area (Å²) in [7, 11) is 1.39. The van der Waals surface area contributed by atoms with Crippen LogP contribution < -0.4 is 5.32 Å². The van der Waals surface area contributed by atoms with Crippen molar-refractivity contribution < 1.29 is 9.53 Å². The van der Waals surface area contributed by atoms with Gasteiger partial charge in [0, 0.05) is 17.0 Å². The van der Waals surface area contributed by atoms with Gasteiger partial charge >= 0.3 is 5.97 Å². The number of carbonyl (C=O) groups is 1. The fourth-order valence-electron chi connectivity index (χ4n) is 4.13. The molecule has 1 aliphatic carbocycles. The number of esters is 1. The monoisotopic (exact) mass is 429 g/mol. The Morgan fingerprint density at radius 3 is 2.74 bits per heavy atom. The van der Waals surface area contributed by atoms with E-state index in [9.17, 15) is 4.79 Å². The first-order valence-electron chi connectivity index (χ1n) is 10.5. The second-order valence-corrected chi connectivity index (χ2v) is 8.82. The van der Waals surface area contributed by atoms with Crippen LogP contribution in [0.1, 0.15) is 45.0 Å². The summed E-state index contributed by atoms with van der Waals surface area (Å²) in [5.74, 6) is 1.26. The molecule has 31 heavy (non-hydrogen) atoms. The zero-order chi connectivity index (χ0) is 21.2. The number of benzene rings is 2. The minimum absolute atomic E-state index is 0.353. The van der Waals surface area contributed by atoms with Crippen molar-refractivity contribution in [1.82, 2.24) is 9.97 Å². The summed E-state index contributed by atoms with van der Waals surface area (Å²) in [6, 6.07) is 17.6. The third-order valence-electron chi connectivity index (χ3n) is 5.61. The molecule has 0 bridgehead atoms. The highest BCUT2D eigenvalue weighted by atomic mass is 32.1. The lowest BCUT2D eigenvalue weighted by atomic mass is 9.97. The molecule has 0 atom stereocenters. The third-order valence-corrected chi connectivity index (χ3v) is 6.80. The predicted molar refractivity (Wildman–Crippen MR) is 124 cm³/mol. The first kappa shape index (κ1) is 19.7. The molecule has 0 aliphatic heterocycles. The smallest absolute Gasteiger partial charge is 0.337 e. The molecule has 1 N–H and O–H groups in total. The number of rotatable bonds is 5. The number of thiophene rings is 1. The normalized spacial score (nSPS) is 13.1. The summed E-state index contributed by atoms with van der Waals surface area (Å²) < 4.78 is 4.87. The minimum atomic E-state index is -0.353. The number of aryl methyl sites for hydroxylation is 2. The average molecular weight is 430 g/mol. The van der Waals surface area contributed by atoms with E-state index in [1.54, 1.807) is 23.5 Å². The van der Waals surface area contributed by atoms with E-state index in [0.29, 0.717) is 12.0 Å². The molecule has 2 aromatic carbocycles. The van der Waals surface area contributed by atoms with Crippen LogP contribution in [0.3, 0.4) is 0 Å². The van der Waals surface area contributed by atoms with Crippen molar-refractivity contribution in [3.63, 3.8) is 0 Å². The summed E-state index contributed by atoms with van der Waals surface area (Å²) in [6.45, 7) is 0. The highest BCUT2D eigenvalue weighted by Crippen LogP contribution is 2.39. The summed E-state index contributed by atoms with van der Waals surface area (Å²) in [4.78, 5) is 24.3. The first-order chi connectivity index (χ1) is 15.2. The van der Waals surface area contributed by atoms with Crippen LogP contribution in [-0.2, 0) is 24.0 Å². The quantitative estimate of drug-likeness (QED) is 0.413. The van der Waals surface area contributed by atoms with Crippen LogP contribution in [0.5, 0.6) is 0 Å². The van der Waals surface area contributed by atoms with Gasteiger partial charge in [-0.1, -0.05) is 36.4 Å². The third kappa shape index (κ3) is 4.03. The van der Waals surface area contributed by atoms with Crippen molar-refractivity contribution in [3.05, 3.63) is 82.0 Å². The number of aromatic nitrogens is 2. The molecular formula is C25H23N3O2S. The van der Waals surface area contributed by atoms with Crippen LogP contribution in [0.2, 0.25) is 0 Å². The maximum atomic E-state index is 12.0. The number of methoxy groups -OCH3 is 1. The Bertz CT molecular complexity index is 1250. The molecule has 6 heteroatoms. The molecule has 0 radical (unpaired) electrons. The van der Waals surface area contributed by atoms with Crippen molar-refractivity contribution >= 4 is 39.0 Å². The lowest BCUT2D eigenvalue weighted by molar-refractivity contribution is 0.0601. The fourth-order valence-corrected chi connectivity index (χ4v) is 5.41. The molecule has 156 valence electrons. The van der Waals surface area contributed by atoms with E-state index in [1.807, 2.05) is 30.3 Å².